The molecule has 166 valence electrons. The predicted molar refractivity (Wildman–Crippen MR) is 125 cm³/mol. The van der Waals surface area contributed by atoms with Gasteiger partial charge in [-0.2, -0.15) is 10.4 Å². The van der Waals surface area contributed by atoms with Crippen LogP contribution in [0.3, 0.4) is 0 Å². The fourth-order valence-corrected chi connectivity index (χ4v) is 3.88. The summed E-state index contributed by atoms with van der Waals surface area (Å²) in [4.78, 5) is 13.3. The highest BCUT2D eigenvalue weighted by molar-refractivity contribution is 5.91. The first-order valence-electron chi connectivity index (χ1n) is 10.6. The van der Waals surface area contributed by atoms with Gasteiger partial charge in [0.1, 0.15) is 17.6 Å². The minimum Gasteiger partial charge on any atom is -0.493 e. The summed E-state index contributed by atoms with van der Waals surface area (Å²) < 4.78 is 21.5. The van der Waals surface area contributed by atoms with E-state index in [4.69, 9.17) is 14.8 Å². The van der Waals surface area contributed by atoms with E-state index in [1.807, 2.05) is 24.3 Å². The molecule has 3 aromatic heterocycles. The van der Waals surface area contributed by atoms with Crippen molar-refractivity contribution in [1.82, 2.24) is 24.7 Å². The van der Waals surface area contributed by atoms with Crippen molar-refractivity contribution in [3.05, 3.63) is 101 Å². The van der Waals surface area contributed by atoms with Crippen LogP contribution in [0.2, 0.25) is 0 Å². The summed E-state index contributed by atoms with van der Waals surface area (Å²) in [7, 11) is 1.55. The first-order chi connectivity index (χ1) is 16.7. The van der Waals surface area contributed by atoms with Gasteiger partial charge in [0.2, 0.25) is 0 Å². The minimum absolute atomic E-state index is 0.277. The Hall–Kier alpha value is -4.64. The summed E-state index contributed by atoms with van der Waals surface area (Å²) >= 11 is 0. The van der Waals surface area contributed by atoms with Crippen molar-refractivity contribution in [1.29, 1.82) is 5.26 Å². The number of rotatable bonds is 6. The summed E-state index contributed by atoms with van der Waals surface area (Å²) in [6.07, 6.45) is 5.15. The van der Waals surface area contributed by atoms with Gasteiger partial charge >= 0.3 is 0 Å². The van der Waals surface area contributed by atoms with Gasteiger partial charge in [-0.25, -0.2) is 14.4 Å². The lowest BCUT2D eigenvalue weighted by atomic mass is 10.1. The second-order valence-corrected chi connectivity index (χ2v) is 7.64. The van der Waals surface area contributed by atoms with Crippen LogP contribution in [0.4, 0.5) is 4.39 Å². The molecule has 34 heavy (non-hydrogen) atoms. The molecule has 0 bridgehead atoms. The third kappa shape index (κ3) is 3.95. The maximum Gasteiger partial charge on any atom is 0.181 e. The number of fused-ring (bicyclic) bond motifs is 1. The molecule has 0 amide bonds. The molecule has 0 aliphatic heterocycles. The second kappa shape index (κ2) is 9.08. The van der Waals surface area contributed by atoms with Gasteiger partial charge in [0.05, 0.1) is 36.6 Å². The van der Waals surface area contributed by atoms with Gasteiger partial charge in [-0.1, -0.05) is 36.4 Å². The Balaban J connectivity index is 1.60. The van der Waals surface area contributed by atoms with Crippen molar-refractivity contribution >= 4 is 10.9 Å². The van der Waals surface area contributed by atoms with Crippen LogP contribution in [-0.2, 0) is 13.0 Å². The van der Waals surface area contributed by atoms with Gasteiger partial charge < -0.3 is 4.74 Å². The molecule has 3 heterocycles. The van der Waals surface area contributed by atoms with E-state index in [-0.39, 0.29) is 12.4 Å². The Morgan fingerprint density at radius 2 is 1.85 bits per heavy atom. The van der Waals surface area contributed by atoms with E-state index in [1.165, 1.54) is 12.3 Å². The predicted octanol–water partition coefficient (Wildman–Crippen LogP) is 4.55. The van der Waals surface area contributed by atoms with Crippen molar-refractivity contribution in [2.24, 2.45) is 0 Å². The lowest BCUT2D eigenvalue weighted by Gasteiger charge is -2.09. The van der Waals surface area contributed by atoms with Gasteiger partial charge in [-0.05, 0) is 23.8 Å². The van der Waals surface area contributed by atoms with Crippen LogP contribution in [-0.4, -0.2) is 31.8 Å². The first kappa shape index (κ1) is 21.2. The van der Waals surface area contributed by atoms with Crippen molar-refractivity contribution < 1.29 is 9.13 Å². The molecule has 0 fully saturated rings. The van der Waals surface area contributed by atoms with Crippen molar-refractivity contribution in [2.75, 3.05) is 7.11 Å². The standard InChI is InChI=1S/C26H19FN6O/c1-34-24-15-30-26(31-22(24)12-17-10-11-29-14-19(17)13-28)25-20-7-3-5-9-23(20)33(32-25)16-18-6-2-4-8-21(18)27/h2-11,14-15H,12,16H2,1H3. The number of ether oxygens (including phenoxy) is 1. The van der Waals surface area contributed by atoms with E-state index >= 15 is 0 Å². The van der Waals surface area contributed by atoms with Crippen LogP contribution in [0.1, 0.15) is 22.4 Å². The summed E-state index contributed by atoms with van der Waals surface area (Å²) in [6, 6.07) is 18.3. The lowest BCUT2D eigenvalue weighted by molar-refractivity contribution is 0.405. The molecule has 5 aromatic rings. The number of aromatic nitrogens is 5. The van der Waals surface area contributed by atoms with Crippen LogP contribution in [0.5, 0.6) is 5.75 Å². The molecule has 0 N–H and O–H groups in total. The Bertz CT molecular complexity index is 1540. The molecular formula is C26H19FN6O. The molecule has 5 rings (SSSR count). The maximum atomic E-state index is 14.3. The highest BCUT2D eigenvalue weighted by Gasteiger charge is 2.18. The smallest absolute Gasteiger partial charge is 0.181 e. The number of hydrogen-bond acceptors (Lipinski definition) is 6. The third-order valence-electron chi connectivity index (χ3n) is 5.59. The summed E-state index contributed by atoms with van der Waals surface area (Å²) in [5, 5.41) is 15.0. The Kier molecular flexibility index (Phi) is 5.67. The van der Waals surface area contributed by atoms with Crippen LogP contribution in [0.25, 0.3) is 22.4 Å². The van der Waals surface area contributed by atoms with E-state index in [9.17, 15) is 9.65 Å². The van der Waals surface area contributed by atoms with E-state index in [1.54, 1.807) is 48.5 Å². The SMILES string of the molecule is COc1cnc(-c2nn(Cc3ccccc3F)c3ccccc23)nc1Cc1ccncc1C#N. The van der Waals surface area contributed by atoms with E-state index < -0.39 is 0 Å². The Labute approximate surface area is 195 Å². The summed E-state index contributed by atoms with van der Waals surface area (Å²) in [6.45, 7) is 0.277. The van der Waals surface area contributed by atoms with Crippen molar-refractivity contribution in [3.8, 4) is 23.3 Å². The topological polar surface area (TPSA) is 89.5 Å². The zero-order chi connectivity index (χ0) is 23.5. The average Bonchev–Trinajstić information content (AvgIpc) is 3.24. The van der Waals surface area contributed by atoms with Crippen LogP contribution < -0.4 is 4.74 Å². The zero-order valence-corrected chi connectivity index (χ0v) is 18.3. The summed E-state index contributed by atoms with van der Waals surface area (Å²) in [5.74, 6) is 0.656. The molecule has 0 spiro atoms. The molecular weight excluding hydrogens is 431 g/mol. The summed E-state index contributed by atoms with van der Waals surface area (Å²) in [5.41, 5.74) is 3.87. The molecule has 0 atom stereocenters. The molecule has 7 nitrogen and oxygen atoms in total. The number of nitrogens with zero attached hydrogens (tertiary/aromatic N) is 6. The first-order valence-corrected chi connectivity index (χ1v) is 10.6. The fourth-order valence-electron chi connectivity index (χ4n) is 3.88. The molecule has 0 aliphatic carbocycles. The monoisotopic (exact) mass is 450 g/mol. The van der Waals surface area contributed by atoms with E-state index in [0.717, 1.165) is 16.5 Å². The Morgan fingerprint density at radius 1 is 1.03 bits per heavy atom. The van der Waals surface area contributed by atoms with Gasteiger partial charge in [0.15, 0.2) is 11.6 Å². The highest BCUT2D eigenvalue weighted by atomic mass is 19.1. The van der Waals surface area contributed by atoms with Crippen molar-refractivity contribution in [3.63, 3.8) is 0 Å². The average molecular weight is 450 g/mol. The molecule has 0 radical (unpaired) electrons. The van der Waals surface area contributed by atoms with Crippen LogP contribution in [0, 0.1) is 17.1 Å². The largest absolute Gasteiger partial charge is 0.493 e. The minimum atomic E-state index is -0.280. The Morgan fingerprint density at radius 3 is 2.68 bits per heavy atom. The maximum absolute atomic E-state index is 14.3. The number of benzene rings is 2. The number of para-hydroxylation sites is 1. The normalized spacial score (nSPS) is 10.9. The molecule has 0 saturated heterocycles. The molecule has 0 unspecified atom stereocenters. The lowest BCUT2D eigenvalue weighted by Crippen LogP contribution is -2.05. The molecule has 2 aromatic carbocycles. The van der Waals surface area contributed by atoms with Gasteiger partial charge in [-0.3, -0.25) is 9.67 Å². The number of methoxy groups -OCH3 is 1. The van der Waals surface area contributed by atoms with Crippen molar-refractivity contribution in [2.45, 2.75) is 13.0 Å². The molecule has 8 heteroatoms. The number of halogens is 1. The van der Waals surface area contributed by atoms with E-state index in [0.29, 0.717) is 40.5 Å². The highest BCUT2D eigenvalue weighted by Crippen LogP contribution is 2.29. The number of hydrogen-bond donors (Lipinski definition) is 0. The van der Waals surface area contributed by atoms with E-state index in [2.05, 4.69) is 16.0 Å². The number of nitriles is 1. The van der Waals surface area contributed by atoms with Gasteiger partial charge in [0, 0.05) is 29.8 Å². The third-order valence-corrected chi connectivity index (χ3v) is 5.59. The number of pyridine rings is 1. The van der Waals surface area contributed by atoms with Crippen LogP contribution >= 0.6 is 0 Å². The molecule has 0 aliphatic rings. The fraction of sp³-hybridized carbons (Fsp3) is 0.115. The van der Waals surface area contributed by atoms with Crippen LogP contribution in [0.15, 0.2) is 73.2 Å². The quantitative estimate of drug-likeness (QED) is 0.377. The van der Waals surface area contributed by atoms with Gasteiger partial charge in [-0.15, -0.1) is 0 Å². The zero-order valence-electron chi connectivity index (χ0n) is 18.3. The van der Waals surface area contributed by atoms with Gasteiger partial charge in [0.25, 0.3) is 0 Å². The second-order valence-electron chi connectivity index (χ2n) is 7.64. The molecule has 0 saturated carbocycles.